The first kappa shape index (κ1) is 13.7. The molecule has 3 rings (SSSR count). The molecule has 2 aromatic rings. The SMILES string of the molecule is CCCOc1cccc2c(N3CCNC(=O)C3)ccnc12. The molecule has 1 aromatic heterocycles. The van der Waals surface area contributed by atoms with Crippen LogP contribution in [0.1, 0.15) is 13.3 Å². The zero-order chi connectivity index (χ0) is 14.7. The van der Waals surface area contributed by atoms with Crippen molar-refractivity contribution in [2.45, 2.75) is 13.3 Å². The highest BCUT2D eigenvalue weighted by Crippen LogP contribution is 2.31. The lowest BCUT2D eigenvalue weighted by atomic mass is 10.1. The fourth-order valence-electron chi connectivity index (χ4n) is 2.58. The second kappa shape index (κ2) is 5.99. The molecule has 1 fully saturated rings. The zero-order valence-electron chi connectivity index (χ0n) is 12.1. The third-order valence-electron chi connectivity index (χ3n) is 3.55. The van der Waals surface area contributed by atoms with E-state index in [1.807, 2.05) is 24.3 Å². The number of benzene rings is 1. The van der Waals surface area contributed by atoms with Gasteiger partial charge in [0, 0.05) is 30.4 Å². The molecular weight excluding hydrogens is 266 g/mol. The maximum absolute atomic E-state index is 11.6. The number of rotatable bonds is 4. The van der Waals surface area contributed by atoms with E-state index in [2.05, 4.69) is 22.1 Å². The van der Waals surface area contributed by atoms with Crippen molar-refractivity contribution in [3.8, 4) is 5.75 Å². The molecule has 1 aromatic carbocycles. The minimum Gasteiger partial charge on any atom is -0.491 e. The van der Waals surface area contributed by atoms with Crippen molar-refractivity contribution in [3.63, 3.8) is 0 Å². The summed E-state index contributed by atoms with van der Waals surface area (Å²) in [6.07, 6.45) is 2.74. The van der Waals surface area contributed by atoms with Gasteiger partial charge in [0.1, 0.15) is 11.3 Å². The number of carbonyl (C=O) groups is 1. The topological polar surface area (TPSA) is 54.5 Å². The van der Waals surface area contributed by atoms with Gasteiger partial charge in [-0.25, -0.2) is 0 Å². The van der Waals surface area contributed by atoms with Gasteiger partial charge < -0.3 is 15.0 Å². The Morgan fingerprint density at radius 2 is 2.29 bits per heavy atom. The average Bonchev–Trinajstić information content (AvgIpc) is 2.52. The molecule has 0 atom stereocenters. The lowest BCUT2D eigenvalue weighted by Crippen LogP contribution is -2.47. The molecule has 0 spiro atoms. The third-order valence-corrected chi connectivity index (χ3v) is 3.55. The number of hydrogen-bond donors (Lipinski definition) is 1. The van der Waals surface area contributed by atoms with Crippen LogP contribution in [0, 0.1) is 0 Å². The van der Waals surface area contributed by atoms with Gasteiger partial charge in [0.2, 0.25) is 5.91 Å². The lowest BCUT2D eigenvalue weighted by molar-refractivity contribution is -0.120. The highest BCUT2D eigenvalue weighted by atomic mass is 16.5. The Kier molecular flexibility index (Phi) is 3.90. The smallest absolute Gasteiger partial charge is 0.239 e. The predicted molar refractivity (Wildman–Crippen MR) is 82.8 cm³/mol. The molecule has 0 unspecified atom stereocenters. The molecule has 1 aliphatic heterocycles. The highest BCUT2D eigenvalue weighted by molar-refractivity contribution is 5.96. The fraction of sp³-hybridized carbons (Fsp3) is 0.375. The molecule has 0 aliphatic carbocycles. The Labute approximate surface area is 123 Å². The molecule has 1 N–H and O–H groups in total. The number of fused-ring (bicyclic) bond motifs is 1. The molecule has 1 amide bonds. The van der Waals surface area contributed by atoms with Crippen LogP contribution in [-0.4, -0.2) is 37.1 Å². The predicted octanol–water partition coefficient (Wildman–Crippen LogP) is 1.96. The van der Waals surface area contributed by atoms with Crippen molar-refractivity contribution >= 4 is 22.5 Å². The molecule has 0 saturated carbocycles. The number of anilines is 1. The normalized spacial score (nSPS) is 15.1. The third kappa shape index (κ3) is 2.77. The maximum atomic E-state index is 11.6. The number of aromatic nitrogens is 1. The number of ether oxygens (including phenoxy) is 1. The van der Waals surface area contributed by atoms with Crippen molar-refractivity contribution < 1.29 is 9.53 Å². The van der Waals surface area contributed by atoms with E-state index in [-0.39, 0.29) is 5.91 Å². The molecule has 5 nitrogen and oxygen atoms in total. The number of carbonyl (C=O) groups excluding carboxylic acids is 1. The van der Waals surface area contributed by atoms with E-state index >= 15 is 0 Å². The molecule has 2 heterocycles. The van der Waals surface area contributed by atoms with Crippen LogP contribution in [-0.2, 0) is 4.79 Å². The van der Waals surface area contributed by atoms with Crippen molar-refractivity contribution in [1.82, 2.24) is 10.3 Å². The van der Waals surface area contributed by atoms with Gasteiger partial charge in [-0.05, 0) is 18.6 Å². The first-order valence-electron chi connectivity index (χ1n) is 7.32. The van der Waals surface area contributed by atoms with Crippen LogP contribution in [0.2, 0.25) is 0 Å². The number of amides is 1. The van der Waals surface area contributed by atoms with Crippen LogP contribution in [0.25, 0.3) is 10.9 Å². The quantitative estimate of drug-likeness (QED) is 0.933. The summed E-state index contributed by atoms with van der Waals surface area (Å²) in [5, 5.41) is 3.88. The number of nitrogens with one attached hydrogen (secondary N) is 1. The summed E-state index contributed by atoms with van der Waals surface area (Å²) in [5.41, 5.74) is 1.89. The number of para-hydroxylation sites is 1. The van der Waals surface area contributed by atoms with Crippen LogP contribution >= 0.6 is 0 Å². The summed E-state index contributed by atoms with van der Waals surface area (Å²) in [5.74, 6) is 0.863. The van der Waals surface area contributed by atoms with Crippen LogP contribution in [0.5, 0.6) is 5.75 Å². The second-order valence-electron chi connectivity index (χ2n) is 5.10. The minimum atomic E-state index is 0.0598. The van der Waals surface area contributed by atoms with Crippen molar-refractivity contribution in [2.24, 2.45) is 0 Å². The average molecular weight is 285 g/mol. The van der Waals surface area contributed by atoms with E-state index in [0.29, 0.717) is 19.7 Å². The summed E-state index contributed by atoms with van der Waals surface area (Å²) in [7, 11) is 0. The molecule has 5 heteroatoms. The molecule has 1 saturated heterocycles. The van der Waals surface area contributed by atoms with Gasteiger partial charge >= 0.3 is 0 Å². The summed E-state index contributed by atoms with van der Waals surface area (Å²) >= 11 is 0. The molecular formula is C16H19N3O2. The van der Waals surface area contributed by atoms with Gasteiger partial charge in [-0.15, -0.1) is 0 Å². The van der Waals surface area contributed by atoms with Gasteiger partial charge in [0.05, 0.1) is 13.2 Å². The Morgan fingerprint density at radius 1 is 1.38 bits per heavy atom. The molecule has 21 heavy (non-hydrogen) atoms. The largest absolute Gasteiger partial charge is 0.491 e. The highest BCUT2D eigenvalue weighted by Gasteiger charge is 2.19. The lowest BCUT2D eigenvalue weighted by Gasteiger charge is -2.29. The fourth-order valence-corrected chi connectivity index (χ4v) is 2.58. The van der Waals surface area contributed by atoms with E-state index in [9.17, 15) is 4.79 Å². The van der Waals surface area contributed by atoms with Crippen molar-refractivity contribution in [3.05, 3.63) is 30.5 Å². The molecule has 1 aliphatic rings. The number of hydrogen-bond acceptors (Lipinski definition) is 4. The Balaban J connectivity index is 2.01. The molecule has 0 bridgehead atoms. The Bertz CT molecular complexity index is 657. The van der Waals surface area contributed by atoms with E-state index in [1.54, 1.807) is 6.20 Å². The van der Waals surface area contributed by atoms with Crippen LogP contribution in [0.4, 0.5) is 5.69 Å². The Morgan fingerprint density at radius 3 is 3.10 bits per heavy atom. The van der Waals surface area contributed by atoms with Crippen molar-refractivity contribution in [1.29, 1.82) is 0 Å². The number of nitrogens with zero attached hydrogens (tertiary/aromatic N) is 2. The standard InChI is InChI=1S/C16H19N3O2/c1-2-10-21-14-5-3-4-12-13(6-7-18-16(12)14)19-9-8-17-15(20)11-19/h3-7H,2,8-11H2,1H3,(H,17,20). The first-order chi connectivity index (χ1) is 10.3. The van der Waals surface area contributed by atoms with Gasteiger partial charge in [-0.3, -0.25) is 9.78 Å². The van der Waals surface area contributed by atoms with E-state index in [4.69, 9.17) is 4.74 Å². The van der Waals surface area contributed by atoms with E-state index < -0.39 is 0 Å². The van der Waals surface area contributed by atoms with E-state index in [0.717, 1.165) is 35.3 Å². The van der Waals surface area contributed by atoms with Gasteiger partial charge in [0.15, 0.2) is 0 Å². The summed E-state index contributed by atoms with van der Waals surface area (Å²) in [6.45, 7) is 4.63. The zero-order valence-corrected chi connectivity index (χ0v) is 12.1. The van der Waals surface area contributed by atoms with Crippen LogP contribution in [0.3, 0.4) is 0 Å². The second-order valence-corrected chi connectivity index (χ2v) is 5.10. The Hall–Kier alpha value is -2.30. The van der Waals surface area contributed by atoms with Crippen molar-refractivity contribution in [2.75, 3.05) is 31.1 Å². The van der Waals surface area contributed by atoms with E-state index in [1.165, 1.54) is 0 Å². The minimum absolute atomic E-state index is 0.0598. The van der Waals surface area contributed by atoms with Crippen LogP contribution < -0.4 is 15.0 Å². The summed E-state index contributed by atoms with van der Waals surface area (Å²) < 4.78 is 5.77. The van der Waals surface area contributed by atoms with Crippen LogP contribution in [0.15, 0.2) is 30.5 Å². The number of piperazine rings is 1. The summed E-state index contributed by atoms with van der Waals surface area (Å²) in [6, 6.07) is 7.91. The van der Waals surface area contributed by atoms with Gasteiger partial charge in [-0.2, -0.15) is 0 Å². The maximum Gasteiger partial charge on any atom is 0.239 e. The molecule has 110 valence electrons. The molecule has 0 radical (unpaired) electrons. The summed E-state index contributed by atoms with van der Waals surface area (Å²) in [4.78, 5) is 18.1. The number of pyridine rings is 1. The first-order valence-corrected chi connectivity index (χ1v) is 7.32. The van der Waals surface area contributed by atoms with Gasteiger partial charge in [-0.1, -0.05) is 19.1 Å². The monoisotopic (exact) mass is 285 g/mol. The van der Waals surface area contributed by atoms with Gasteiger partial charge in [0.25, 0.3) is 0 Å².